The van der Waals surface area contributed by atoms with Gasteiger partial charge in [0, 0.05) is 23.9 Å². The molecule has 0 aromatic heterocycles. The van der Waals surface area contributed by atoms with Gasteiger partial charge in [0.25, 0.3) is 0 Å². The fourth-order valence-electron chi connectivity index (χ4n) is 5.74. The largest absolute Gasteiger partial charge is 0.462 e. The third kappa shape index (κ3) is 3.16. The summed E-state index contributed by atoms with van der Waals surface area (Å²) < 4.78 is 7.16. The van der Waals surface area contributed by atoms with Crippen LogP contribution in [0.2, 0.25) is 0 Å². The van der Waals surface area contributed by atoms with E-state index >= 15 is 0 Å². The molecule has 4 aromatic carbocycles. The normalized spacial score (nSPS) is 19.4. The highest BCUT2D eigenvalue weighted by molar-refractivity contribution is 5.85. The van der Waals surface area contributed by atoms with E-state index in [1.165, 1.54) is 39.1 Å². The number of anilines is 1. The lowest BCUT2D eigenvalue weighted by Gasteiger charge is -2.46. The van der Waals surface area contributed by atoms with Crippen LogP contribution in [0.4, 0.5) is 5.69 Å². The lowest BCUT2D eigenvalue weighted by atomic mass is 9.76. The van der Waals surface area contributed by atoms with Gasteiger partial charge in [0.05, 0.1) is 5.41 Å². The number of fused-ring (bicyclic) bond motifs is 2. The molecule has 35 heavy (non-hydrogen) atoms. The van der Waals surface area contributed by atoms with Gasteiger partial charge >= 0.3 is 0 Å². The van der Waals surface area contributed by atoms with Crippen LogP contribution in [-0.4, -0.2) is 12.8 Å². The molecule has 2 heterocycles. The van der Waals surface area contributed by atoms with E-state index in [1.54, 1.807) is 0 Å². The molecule has 2 aliphatic heterocycles. The standard InChI is InChI=1S/C33H31NO/c1-22-10-14-24(15-11-22)27-20-26-18-19-33(32(3,4)29-8-6-7-9-30(29)34(33)5)35-31(26)28(21-27)25-16-12-23(2)13-17-25/h6-21H,1-5H3. The molecule has 0 fully saturated rings. The molecule has 0 aliphatic carbocycles. The van der Waals surface area contributed by atoms with Gasteiger partial charge < -0.3 is 9.64 Å². The fraction of sp³-hybridized carbons (Fsp3) is 0.212. The maximum atomic E-state index is 7.16. The molecule has 174 valence electrons. The summed E-state index contributed by atoms with van der Waals surface area (Å²) in [7, 11) is 2.15. The van der Waals surface area contributed by atoms with Crippen molar-refractivity contribution in [3.63, 3.8) is 0 Å². The second-order valence-electron chi connectivity index (χ2n) is 10.5. The molecule has 0 N–H and O–H groups in total. The monoisotopic (exact) mass is 457 g/mol. The summed E-state index contributed by atoms with van der Waals surface area (Å²) in [6.45, 7) is 8.83. The number of rotatable bonds is 2. The third-order valence-corrected chi connectivity index (χ3v) is 7.94. The van der Waals surface area contributed by atoms with Crippen molar-refractivity contribution in [2.24, 2.45) is 0 Å². The number of likely N-dealkylation sites (N-methyl/N-ethyl adjacent to an activating group) is 1. The van der Waals surface area contributed by atoms with Gasteiger partial charge in [0.1, 0.15) is 5.75 Å². The van der Waals surface area contributed by atoms with Crippen molar-refractivity contribution in [1.82, 2.24) is 0 Å². The van der Waals surface area contributed by atoms with Crippen molar-refractivity contribution in [2.45, 2.75) is 38.8 Å². The first-order chi connectivity index (χ1) is 16.8. The molecule has 4 aromatic rings. The van der Waals surface area contributed by atoms with Gasteiger partial charge in [0.2, 0.25) is 5.72 Å². The summed E-state index contributed by atoms with van der Waals surface area (Å²) >= 11 is 0. The van der Waals surface area contributed by atoms with E-state index in [-0.39, 0.29) is 5.41 Å². The first kappa shape index (κ1) is 21.7. The topological polar surface area (TPSA) is 12.5 Å². The van der Waals surface area contributed by atoms with Crippen molar-refractivity contribution < 1.29 is 4.74 Å². The summed E-state index contributed by atoms with van der Waals surface area (Å²) in [5, 5.41) is 0. The maximum absolute atomic E-state index is 7.16. The molecule has 0 amide bonds. The Bertz CT molecular complexity index is 1460. The molecule has 2 heteroatoms. The van der Waals surface area contributed by atoms with E-state index in [1.807, 2.05) is 0 Å². The van der Waals surface area contributed by atoms with Gasteiger partial charge in [-0.05, 0) is 80.3 Å². The van der Waals surface area contributed by atoms with Gasteiger partial charge in [-0.3, -0.25) is 0 Å². The molecule has 6 rings (SSSR count). The summed E-state index contributed by atoms with van der Waals surface area (Å²) in [6, 6.07) is 30.7. The number of aryl methyl sites for hydroxylation is 2. The zero-order chi connectivity index (χ0) is 24.4. The van der Waals surface area contributed by atoms with E-state index in [9.17, 15) is 0 Å². The molecule has 0 radical (unpaired) electrons. The van der Waals surface area contributed by atoms with Crippen LogP contribution < -0.4 is 9.64 Å². The molecule has 0 saturated heterocycles. The van der Waals surface area contributed by atoms with Gasteiger partial charge in [-0.1, -0.05) is 77.9 Å². The highest BCUT2D eigenvalue weighted by Crippen LogP contribution is 2.55. The maximum Gasteiger partial charge on any atom is 0.211 e. The summed E-state index contributed by atoms with van der Waals surface area (Å²) in [6.07, 6.45) is 4.52. The highest BCUT2D eigenvalue weighted by atomic mass is 16.5. The van der Waals surface area contributed by atoms with Crippen LogP contribution >= 0.6 is 0 Å². The SMILES string of the molecule is Cc1ccc(-c2cc3c(c(-c4ccc(C)cc4)c2)OC2(C=C3)N(C)c3ccccc3C2(C)C)cc1. The molecular weight excluding hydrogens is 426 g/mol. The van der Waals surface area contributed by atoms with Crippen LogP contribution in [0.3, 0.4) is 0 Å². The Morgan fingerprint density at radius 2 is 1.34 bits per heavy atom. The van der Waals surface area contributed by atoms with E-state index in [0.29, 0.717) is 0 Å². The number of hydrogen-bond donors (Lipinski definition) is 0. The third-order valence-electron chi connectivity index (χ3n) is 7.94. The molecular formula is C33H31NO. The van der Waals surface area contributed by atoms with Crippen LogP contribution in [0.15, 0.2) is 91.0 Å². The van der Waals surface area contributed by atoms with E-state index in [0.717, 1.165) is 16.9 Å². The van der Waals surface area contributed by atoms with Gasteiger partial charge in [-0.25, -0.2) is 0 Å². The summed E-state index contributed by atoms with van der Waals surface area (Å²) in [5.41, 5.74) is 10.0. The average molecular weight is 458 g/mol. The minimum atomic E-state index is -0.603. The lowest BCUT2D eigenvalue weighted by molar-refractivity contribution is 0.0588. The van der Waals surface area contributed by atoms with Crippen LogP contribution in [0.5, 0.6) is 5.75 Å². The minimum Gasteiger partial charge on any atom is -0.462 e. The zero-order valence-electron chi connectivity index (χ0n) is 21.1. The fourth-order valence-corrected chi connectivity index (χ4v) is 5.74. The molecule has 2 nitrogen and oxygen atoms in total. The lowest BCUT2D eigenvalue weighted by Crippen LogP contribution is -2.58. The quantitative estimate of drug-likeness (QED) is 0.301. The molecule has 0 bridgehead atoms. The highest BCUT2D eigenvalue weighted by Gasteiger charge is 2.57. The van der Waals surface area contributed by atoms with Crippen molar-refractivity contribution in [2.75, 3.05) is 11.9 Å². The van der Waals surface area contributed by atoms with Crippen molar-refractivity contribution in [1.29, 1.82) is 0 Å². The Morgan fingerprint density at radius 1 is 0.714 bits per heavy atom. The Labute approximate surface area is 208 Å². The number of ether oxygens (including phenoxy) is 1. The second kappa shape index (κ2) is 7.61. The summed E-state index contributed by atoms with van der Waals surface area (Å²) in [5.74, 6) is 0.944. The molecule has 2 aliphatic rings. The minimum absolute atomic E-state index is 0.229. The first-order valence-electron chi connectivity index (χ1n) is 12.3. The average Bonchev–Trinajstić information content (AvgIpc) is 3.03. The Hall–Kier alpha value is -3.78. The van der Waals surface area contributed by atoms with Gasteiger partial charge in [0.15, 0.2) is 0 Å². The molecule has 0 saturated carbocycles. The number of para-hydroxylation sites is 1. The van der Waals surface area contributed by atoms with Crippen LogP contribution in [-0.2, 0) is 5.41 Å². The second-order valence-corrected chi connectivity index (χ2v) is 10.5. The smallest absolute Gasteiger partial charge is 0.211 e. The summed E-state index contributed by atoms with van der Waals surface area (Å²) in [4.78, 5) is 2.30. The number of hydrogen-bond acceptors (Lipinski definition) is 2. The van der Waals surface area contributed by atoms with Crippen molar-refractivity contribution in [3.05, 3.63) is 113 Å². The van der Waals surface area contributed by atoms with E-state index < -0.39 is 5.72 Å². The molecule has 1 spiro atoms. The van der Waals surface area contributed by atoms with Crippen LogP contribution in [0.1, 0.15) is 36.1 Å². The molecule has 1 unspecified atom stereocenters. The first-order valence-corrected chi connectivity index (χ1v) is 12.3. The Morgan fingerprint density at radius 3 is 2.00 bits per heavy atom. The number of benzene rings is 4. The Balaban J connectivity index is 1.55. The van der Waals surface area contributed by atoms with Gasteiger partial charge in [-0.2, -0.15) is 0 Å². The van der Waals surface area contributed by atoms with E-state index in [2.05, 4.69) is 137 Å². The van der Waals surface area contributed by atoms with E-state index in [4.69, 9.17) is 4.74 Å². The zero-order valence-corrected chi connectivity index (χ0v) is 21.1. The van der Waals surface area contributed by atoms with Gasteiger partial charge in [-0.15, -0.1) is 0 Å². The number of nitrogens with zero attached hydrogens (tertiary/aromatic N) is 1. The van der Waals surface area contributed by atoms with Crippen molar-refractivity contribution in [3.8, 4) is 28.0 Å². The van der Waals surface area contributed by atoms with Crippen LogP contribution in [0, 0.1) is 13.8 Å². The van der Waals surface area contributed by atoms with Crippen molar-refractivity contribution >= 4 is 11.8 Å². The predicted octanol–water partition coefficient (Wildman–Crippen LogP) is 8.17. The molecule has 1 atom stereocenters. The van der Waals surface area contributed by atoms with Crippen LogP contribution in [0.25, 0.3) is 28.3 Å². The predicted molar refractivity (Wildman–Crippen MR) is 147 cm³/mol. The Kier molecular flexibility index (Phi) is 4.73.